The van der Waals surface area contributed by atoms with Gasteiger partial charge in [-0.05, 0) is 17.7 Å². The Morgan fingerprint density at radius 3 is 2.42 bits per heavy atom. The Hall–Kier alpha value is -2.30. The van der Waals surface area contributed by atoms with Gasteiger partial charge < -0.3 is 16.2 Å². The lowest BCUT2D eigenvalue weighted by atomic mass is 9.88. The number of pyridine rings is 1. The molecule has 1 aromatic heterocycles. The second kappa shape index (κ2) is 7.51. The molecule has 1 aromatic rings. The summed E-state index contributed by atoms with van der Waals surface area (Å²) in [5.74, 6) is -7.16. The first-order valence-electron chi connectivity index (χ1n) is 6.59. The number of carboxylic acids is 1. The van der Waals surface area contributed by atoms with Crippen LogP contribution in [0.2, 0.25) is 0 Å². The summed E-state index contributed by atoms with van der Waals surface area (Å²) in [6, 6.07) is 2.84. The van der Waals surface area contributed by atoms with Crippen LogP contribution in [0.4, 0.5) is 22.0 Å². The predicted octanol–water partition coefficient (Wildman–Crippen LogP) is 1.53. The van der Waals surface area contributed by atoms with Crippen molar-refractivity contribution in [1.82, 2.24) is 10.3 Å². The molecule has 6 nitrogen and oxygen atoms in total. The molecule has 1 atom stereocenters. The molecule has 24 heavy (non-hydrogen) atoms. The van der Waals surface area contributed by atoms with Crippen molar-refractivity contribution in [2.75, 3.05) is 13.1 Å². The van der Waals surface area contributed by atoms with Crippen LogP contribution in [0, 0.1) is 0 Å². The van der Waals surface area contributed by atoms with Crippen LogP contribution in [0.25, 0.3) is 0 Å². The van der Waals surface area contributed by atoms with Crippen LogP contribution < -0.4 is 11.1 Å². The highest BCUT2D eigenvalue weighted by Crippen LogP contribution is 2.37. The number of nitrogens with two attached hydrogens (primary N) is 1. The van der Waals surface area contributed by atoms with Crippen LogP contribution in [-0.2, 0) is 4.79 Å². The zero-order valence-electron chi connectivity index (χ0n) is 12.1. The van der Waals surface area contributed by atoms with Crippen LogP contribution in [0.15, 0.2) is 18.3 Å². The number of rotatable bonds is 2. The second-order valence-corrected chi connectivity index (χ2v) is 4.91. The van der Waals surface area contributed by atoms with Gasteiger partial charge in [-0.1, -0.05) is 0 Å². The largest absolute Gasteiger partial charge is 0.490 e. The van der Waals surface area contributed by atoms with Gasteiger partial charge in [0, 0.05) is 25.7 Å². The van der Waals surface area contributed by atoms with Crippen molar-refractivity contribution >= 4 is 11.9 Å². The van der Waals surface area contributed by atoms with Gasteiger partial charge in [-0.3, -0.25) is 9.78 Å². The smallest absolute Gasteiger partial charge is 0.475 e. The average Bonchev–Trinajstić information content (AvgIpc) is 2.46. The van der Waals surface area contributed by atoms with Crippen molar-refractivity contribution in [3.63, 3.8) is 0 Å². The van der Waals surface area contributed by atoms with Crippen LogP contribution >= 0.6 is 0 Å². The molecule has 1 fully saturated rings. The van der Waals surface area contributed by atoms with Crippen molar-refractivity contribution in [2.24, 2.45) is 5.73 Å². The molecule has 2 rings (SSSR count). The summed E-state index contributed by atoms with van der Waals surface area (Å²) in [6.07, 6.45) is -3.95. The standard InChI is InChI=1S/C11H13F2N3O.C2HF3O2/c12-11(13)2-4-15-6-8(11)7-1-3-16-9(5-7)10(14)17;3-2(4,5)1(6)7/h1,3,5,8,15H,2,4,6H2,(H2,14,17);(H,6,7). The van der Waals surface area contributed by atoms with Gasteiger partial charge in [-0.15, -0.1) is 0 Å². The summed E-state index contributed by atoms with van der Waals surface area (Å²) >= 11 is 0. The molecule has 1 amide bonds. The Balaban J connectivity index is 0.000000351. The summed E-state index contributed by atoms with van der Waals surface area (Å²) in [7, 11) is 0. The Kier molecular flexibility index (Phi) is 6.18. The fourth-order valence-corrected chi connectivity index (χ4v) is 1.99. The third-order valence-electron chi connectivity index (χ3n) is 3.17. The van der Waals surface area contributed by atoms with E-state index in [9.17, 15) is 26.7 Å². The van der Waals surface area contributed by atoms with Gasteiger partial charge in [0.15, 0.2) is 0 Å². The van der Waals surface area contributed by atoms with Crippen molar-refractivity contribution < 1.29 is 36.6 Å². The number of hydrogen-bond acceptors (Lipinski definition) is 4. The van der Waals surface area contributed by atoms with E-state index in [0.717, 1.165) is 0 Å². The lowest BCUT2D eigenvalue weighted by molar-refractivity contribution is -0.192. The monoisotopic (exact) mass is 355 g/mol. The van der Waals surface area contributed by atoms with E-state index >= 15 is 0 Å². The minimum absolute atomic E-state index is 0.0175. The van der Waals surface area contributed by atoms with Gasteiger partial charge in [-0.2, -0.15) is 13.2 Å². The van der Waals surface area contributed by atoms with E-state index in [1.54, 1.807) is 0 Å². The molecule has 0 saturated carbocycles. The molecular weight excluding hydrogens is 341 g/mol. The fourth-order valence-electron chi connectivity index (χ4n) is 1.99. The number of nitrogens with one attached hydrogen (secondary N) is 1. The van der Waals surface area contributed by atoms with E-state index in [0.29, 0.717) is 12.1 Å². The molecule has 1 aliphatic rings. The predicted molar refractivity (Wildman–Crippen MR) is 71.6 cm³/mol. The topological polar surface area (TPSA) is 105 Å². The number of carbonyl (C=O) groups excluding carboxylic acids is 1. The third kappa shape index (κ3) is 5.41. The van der Waals surface area contributed by atoms with Crippen LogP contribution in [-0.4, -0.2) is 47.2 Å². The number of aromatic nitrogens is 1. The van der Waals surface area contributed by atoms with Gasteiger partial charge in [0.2, 0.25) is 0 Å². The summed E-state index contributed by atoms with van der Waals surface area (Å²) in [4.78, 5) is 23.6. The number of nitrogens with zero attached hydrogens (tertiary/aromatic N) is 1. The first-order chi connectivity index (χ1) is 10.9. The van der Waals surface area contributed by atoms with Crippen molar-refractivity contribution in [2.45, 2.75) is 24.4 Å². The molecule has 1 saturated heterocycles. The quantitative estimate of drug-likeness (QED) is 0.698. The van der Waals surface area contributed by atoms with Gasteiger partial charge in [0.1, 0.15) is 5.69 Å². The minimum atomic E-state index is -5.08. The molecule has 0 radical (unpaired) electrons. The SMILES string of the molecule is NC(=O)c1cc(C2CNCCC2(F)F)ccn1.O=C(O)C(F)(F)F. The fraction of sp³-hybridized carbons (Fsp3) is 0.462. The van der Waals surface area contributed by atoms with Gasteiger partial charge in [0.05, 0.1) is 5.92 Å². The number of carboxylic acid groups (broad SMARTS) is 1. The number of halogens is 5. The second-order valence-electron chi connectivity index (χ2n) is 4.91. The highest BCUT2D eigenvalue weighted by atomic mass is 19.4. The minimum Gasteiger partial charge on any atom is -0.475 e. The van der Waals surface area contributed by atoms with E-state index in [4.69, 9.17) is 15.6 Å². The highest BCUT2D eigenvalue weighted by molar-refractivity contribution is 5.90. The molecule has 11 heteroatoms. The van der Waals surface area contributed by atoms with Crippen LogP contribution in [0.3, 0.4) is 0 Å². The zero-order valence-corrected chi connectivity index (χ0v) is 12.1. The van der Waals surface area contributed by atoms with Crippen molar-refractivity contribution in [3.05, 3.63) is 29.6 Å². The average molecular weight is 355 g/mol. The summed E-state index contributed by atoms with van der Waals surface area (Å²) in [6.45, 7) is 0.493. The van der Waals surface area contributed by atoms with Gasteiger partial charge in [-0.25, -0.2) is 13.6 Å². The molecule has 0 spiro atoms. The number of amides is 1. The third-order valence-corrected chi connectivity index (χ3v) is 3.17. The number of piperidine rings is 1. The number of carbonyl (C=O) groups is 2. The maximum absolute atomic E-state index is 13.7. The molecule has 2 heterocycles. The number of hydrogen-bond donors (Lipinski definition) is 3. The lowest BCUT2D eigenvalue weighted by Gasteiger charge is -2.32. The molecule has 0 aromatic carbocycles. The van der Waals surface area contributed by atoms with E-state index in [-0.39, 0.29) is 18.7 Å². The summed E-state index contributed by atoms with van der Waals surface area (Å²) in [5.41, 5.74) is 5.49. The van der Waals surface area contributed by atoms with E-state index < -0.39 is 29.9 Å². The molecule has 134 valence electrons. The Bertz CT molecular complexity index is 607. The van der Waals surface area contributed by atoms with Gasteiger partial charge in [0.25, 0.3) is 11.8 Å². The number of primary amides is 1. The molecule has 1 aliphatic heterocycles. The van der Waals surface area contributed by atoms with Crippen molar-refractivity contribution in [1.29, 1.82) is 0 Å². The maximum Gasteiger partial charge on any atom is 0.490 e. The molecule has 4 N–H and O–H groups in total. The van der Waals surface area contributed by atoms with Crippen LogP contribution in [0.5, 0.6) is 0 Å². The first kappa shape index (κ1) is 19.7. The first-order valence-corrected chi connectivity index (χ1v) is 6.59. The van der Waals surface area contributed by atoms with E-state index in [1.807, 2.05) is 0 Å². The van der Waals surface area contributed by atoms with E-state index in [1.165, 1.54) is 18.3 Å². The Labute approximate surface area is 132 Å². The normalized spacial score (nSPS) is 19.8. The number of aliphatic carboxylic acids is 1. The summed E-state index contributed by atoms with van der Waals surface area (Å²) in [5, 5.41) is 10.0. The Morgan fingerprint density at radius 1 is 1.38 bits per heavy atom. The molecule has 0 bridgehead atoms. The van der Waals surface area contributed by atoms with Gasteiger partial charge >= 0.3 is 12.1 Å². The van der Waals surface area contributed by atoms with Crippen molar-refractivity contribution in [3.8, 4) is 0 Å². The summed E-state index contributed by atoms with van der Waals surface area (Å²) < 4.78 is 59.2. The Morgan fingerprint density at radius 2 is 1.96 bits per heavy atom. The zero-order chi connectivity index (χ0) is 18.5. The van der Waals surface area contributed by atoms with E-state index in [2.05, 4.69) is 10.3 Å². The molecular formula is C13H14F5N3O3. The number of alkyl halides is 5. The maximum atomic E-state index is 13.7. The lowest BCUT2D eigenvalue weighted by Crippen LogP contribution is -2.43. The molecule has 0 aliphatic carbocycles. The highest BCUT2D eigenvalue weighted by Gasteiger charge is 2.42. The molecule has 1 unspecified atom stereocenters. The van der Waals surface area contributed by atoms with Crippen LogP contribution in [0.1, 0.15) is 28.4 Å².